The minimum atomic E-state index is -1.50. The van der Waals surface area contributed by atoms with Gasteiger partial charge in [0.15, 0.2) is 6.29 Å². The number of aliphatic hydroxyl groups is 6. The van der Waals surface area contributed by atoms with Crippen molar-refractivity contribution < 1.29 is 40.1 Å². The summed E-state index contributed by atoms with van der Waals surface area (Å²) >= 11 is 0. The molecule has 1 rings (SSSR count). The van der Waals surface area contributed by atoms with E-state index in [0.29, 0.717) is 13.0 Å². The van der Waals surface area contributed by atoms with E-state index < -0.39 is 49.5 Å². The lowest BCUT2D eigenvalue weighted by atomic mass is 9.98. The molecule has 1 fully saturated rings. The van der Waals surface area contributed by atoms with Gasteiger partial charge in [0.05, 0.1) is 25.4 Å². The van der Waals surface area contributed by atoms with Crippen LogP contribution in [0.3, 0.4) is 0 Å². The summed E-state index contributed by atoms with van der Waals surface area (Å²) in [7, 11) is 0. The molecule has 8 N–H and O–H groups in total. The highest BCUT2D eigenvalue weighted by molar-refractivity contribution is 4.89. The summed E-state index contributed by atoms with van der Waals surface area (Å²) in [5.74, 6) is 0. The number of ether oxygens (including phenoxy) is 2. The first-order valence-electron chi connectivity index (χ1n) is 12.4. The molecule has 192 valence electrons. The van der Waals surface area contributed by atoms with Crippen LogP contribution in [0, 0.1) is 0 Å². The van der Waals surface area contributed by atoms with E-state index in [2.05, 4.69) is 0 Å². The summed E-state index contributed by atoms with van der Waals surface area (Å²) in [6.45, 7) is -0.514. The first-order chi connectivity index (χ1) is 15.5. The molecule has 9 nitrogen and oxygen atoms in total. The van der Waals surface area contributed by atoms with Crippen LogP contribution >= 0.6 is 0 Å². The van der Waals surface area contributed by atoms with Gasteiger partial charge in [0.2, 0.25) is 0 Å². The maximum absolute atomic E-state index is 10.2. The normalized spacial score (nSPS) is 28.0. The number of rotatable bonds is 19. The van der Waals surface area contributed by atoms with E-state index in [1.165, 1.54) is 44.9 Å². The molecule has 1 saturated heterocycles. The van der Waals surface area contributed by atoms with E-state index in [0.717, 1.165) is 32.1 Å². The van der Waals surface area contributed by atoms with Crippen LogP contribution in [0.4, 0.5) is 0 Å². The third kappa shape index (κ3) is 11.2. The fraction of sp³-hybridized carbons (Fsp3) is 1.00. The van der Waals surface area contributed by atoms with Crippen molar-refractivity contribution in [2.75, 3.05) is 19.8 Å². The summed E-state index contributed by atoms with van der Waals surface area (Å²) in [5, 5.41) is 57.4. The number of unbranched alkanes of at least 4 members (excludes halogenated alkanes) is 11. The predicted octanol–water partition coefficient (Wildman–Crippen LogP) is 0.555. The molecule has 0 spiro atoms. The van der Waals surface area contributed by atoms with Crippen molar-refractivity contribution in [3.63, 3.8) is 0 Å². The van der Waals surface area contributed by atoms with Gasteiger partial charge >= 0.3 is 0 Å². The smallest absolute Gasteiger partial charge is 0.187 e. The van der Waals surface area contributed by atoms with Crippen molar-refractivity contribution in [1.29, 1.82) is 0 Å². The number of nitrogens with two attached hydrogens (primary N) is 1. The van der Waals surface area contributed by atoms with Crippen LogP contribution in [-0.4, -0.2) is 93.3 Å². The molecule has 0 radical (unpaired) electrons. The van der Waals surface area contributed by atoms with Gasteiger partial charge in [-0.15, -0.1) is 0 Å². The largest absolute Gasteiger partial charge is 0.396 e. The molecule has 9 heteroatoms. The van der Waals surface area contributed by atoms with Crippen molar-refractivity contribution >= 4 is 0 Å². The summed E-state index contributed by atoms with van der Waals surface area (Å²) < 4.78 is 11.2. The molecule has 1 heterocycles. The lowest BCUT2D eigenvalue weighted by Crippen LogP contribution is -2.60. The van der Waals surface area contributed by atoms with Crippen molar-refractivity contribution in [3.05, 3.63) is 0 Å². The molecule has 0 amide bonds. The maximum Gasteiger partial charge on any atom is 0.187 e. The molecule has 0 bridgehead atoms. The fourth-order valence-corrected chi connectivity index (χ4v) is 4.08. The van der Waals surface area contributed by atoms with Crippen LogP contribution in [0.25, 0.3) is 0 Å². The first kappa shape index (κ1) is 29.7. The lowest BCUT2D eigenvalue weighted by Gasteiger charge is -2.41. The number of aliphatic hydroxyl groups excluding tert-OH is 6. The maximum atomic E-state index is 10.2. The molecule has 0 unspecified atom stereocenters. The van der Waals surface area contributed by atoms with Crippen LogP contribution in [0.1, 0.15) is 83.5 Å². The van der Waals surface area contributed by atoms with Crippen LogP contribution < -0.4 is 5.73 Å². The minimum absolute atomic E-state index is 0.290. The predicted molar refractivity (Wildman–Crippen MR) is 121 cm³/mol. The highest BCUT2D eigenvalue weighted by Crippen LogP contribution is 2.25. The molecule has 0 aromatic heterocycles. The Morgan fingerprint density at radius 2 is 1.19 bits per heavy atom. The van der Waals surface area contributed by atoms with Gasteiger partial charge in [0.1, 0.15) is 24.4 Å². The SMILES string of the molecule is N[C@@H](CO)[C@@H](CCCCCCCCCCCCCCO)O[C@@H]1O[C@H](CO)[C@@H](O)[C@H](O)[C@H]1O. The molecule has 0 aromatic carbocycles. The molecular weight excluding hydrogens is 418 g/mol. The summed E-state index contributed by atoms with van der Waals surface area (Å²) in [6.07, 6.45) is 6.94. The van der Waals surface area contributed by atoms with Crippen molar-refractivity contribution in [2.45, 2.75) is 126 Å². The van der Waals surface area contributed by atoms with Crippen molar-refractivity contribution in [3.8, 4) is 0 Å². The fourth-order valence-electron chi connectivity index (χ4n) is 4.08. The minimum Gasteiger partial charge on any atom is -0.396 e. The summed E-state index contributed by atoms with van der Waals surface area (Å²) in [6, 6.07) is -0.667. The number of hydrogen-bond donors (Lipinski definition) is 7. The summed E-state index contributed by atoms with van der Waals surface area (Å²) in [4.78, 5) is 0. The highest BCUT2D eigenvalue weighted by Gasteiger charge is 2.45. The molecule has 7 atom stereocenters. The van der Waals surface area contributed by atoms with E-state index in [1.807, 2.05) is 0 Å². The average molecular weight is 466 g/mol. The zero-order valence-electron chi connectivity index (χ0n) is 19.4. The monoisotopic (exact) mass is 465 g/mol. The second kappa shape index (κ2) is 18.0. The Morgan fingerprint density at radius 1 is 0.688 bits per heavy atom. The van der Waals surface area contributed by atoms with Gasteiger partial charge in [-0.2, -0.15) is 0 Å². The molecule has 0 aliphatic carbocycles. The summed E-state index contributed by atoms with van der Waals surface area (Å²) in [5.41, 5.74) is 5.97. The van der Waals surface area contributed by atoms with Gasteiger partial charge in [-0.05, 0) is 12.8 Å². The molecular formula is C23H47NO8. The van der Waals surface area contributed by atoms with E-state index in [-0.39, 0.29) is 6.61 Å². The van der Waals surface area contributed by atoms with Gasteiger partial charge in [-0.1, -0.05) is 70.6 Å². The Hall–Kier alpha value is -0.360. The molecule has 1 aliphatic heterocycles. The van der Waals surface area contributed by atoms with Crippen molar-refractivity contribution in [2.24, 2.45) is 5.73 Å². The Balaban J connectivity index is 2.22. The number of hydrogen-bond acceptors (Lipinski definition) is 9. The van der Waals surface area contributed by atoms with Crippen LogP contribution in [0.15, 0.2) is 0 Å². The van der Waals surface area contributed by atoms with Crippen molar-refractivity contribution in [1.82, 2.24) is 0 Å². The quantitative estimate of drug-likeness (QED) is 0.135. The van der Waals surface area contributed by atoms with Crippen LogP contribution in [-0.2, 0) is 9.47 Å². The van der Waals surface area contributed by atoms with Crippen LogP contribution in [0.5, 0.6) is 0 Å². The van der Waals surface area contributed by atoms with E-state index >= 15 is 0 Å². The highest BCUT2D eigenvalue weighted by atomic mass is 16.7. The van der Waals surface area contributed by atoms with Gasteiger partial charge in [-0.3, -0.25) is 0 Å². The Morgan fingerprint density at radius 3 is 1.66 bits per heavy atom. The van der Waals surface area contributed by atoms with Gasteiger partial charge in [0.25, 0.3) is 0 Å². The van der Waals surface area contributed by atoms with Gasteiger partial charge in [0, 0.05) is 6.61 Å². The second-order valence-corrected chi connectivity index (χ2v) is 8.97. The lowest BCUT2D eigenvalue weighted by molar-refractivity contribution is -0.313. The molecule has 1 aliphatic rings. The second-order valence-electron chi connectivity index (χ2n) is 8.97. The topological polar surface area (TPSA) is 166 Å². The van der Waals surface area contributed by atoms with Crippen LogP contribution in [0.2, 0.25) is 0 Å². The molecule has 0 aromatic rings. The third-order valence-electron chi connectivity index (χ3n) is 6.24. The van der Waals surface area contributed by atoms with E-state index in [9.17, 15) is 25.5 Å². The van der Waals surface area contributed by atoms with E-state index in [1.54, 1.807) is 0 Å². The van der Waals surface area contributed by atoms with Gasteiger partial charge in [-0.25, -0.2) is 0 Å². The zero-order valence-corrected chi connectivity index (χ0v) is 19.4. The Labute approximate surface area is 192 Å². The van der Waals surface area contributed by atoms with E-state index in [4.69, 9.17) is 20.3 Å². The average Bonchev–Trinajstić information content (AvgIpc) is 2.80. The standard InChI is InChI=1S/C23H47NO8/c24-17(15-26)18(31-23-22(30)21(29)20(28)19(16-27)32-23)13-11-9-7-5-3-1-2-4-6-8-10-12-14-25/h17-23,25-30H,1-16,24H2/t17-,18+,19+,20+,21-,22+,23+/m0/s1. The van der Waals surface area contributed by atoms with Gasteiger partial charge < -0.3 is 45.8 Å². The Kier molecular flexibility index (Phi) is 16.7. The zero-order chi connectivity index (χ0) is 23.8. The first-order valence-corrected chi connectivity index (χ1v) is 12.4. The Bertz CT molecular complexity index is 442. The third-order valence-corrected chi connectivity index (χ3v) is 6.24. The molecule has 32 heavy (non-hydrogen) atoms. The molecule has 0 saturated carbocycles.